The normalized spacial score (nSPS) is 14.6. The Labute approximate surface area is 163 Å². The van der Waals surface area contributed by atoms with Gasteiger partial charge in [0.15, 0.2) is 0 Å². The van der Waals surface area contributed by atoms with Gasteiger partial charge >= 0.3 is 0 Å². The van der Waals surface area contributed by atoms with E-state index in [1.165, 1.54) is 39.2 Å². The van der Waals surface area contributed by atoms with Crippen LogP contribution in [0.4, 0.5) is 11.4 Å². The Hall–Kier alpha value is -2.54. The molecule has 0 heterocycles. The Morgan fingerprint density at radius 1 is 0.741 bits per heavy atom. The summed E-state index contributed by atoms with van der Waals surface area (Å²) in [6, 6.07) is 24.3. The average Bonchev–Trinajstić information content (AvgIpc) is 2.85. The van der Waals surface area contributed by atoms with E-state index in [0.717, 1.165) is 0 Å². The molecule has 4 rings (SSSR count). The van der Waals surface area contributed by atoms with Crippen molar-refractivity contribution in [3.63, 3.8) is 0 Å². The standard InChI is InChI=1S/C26H29N/c1-18-16-17-22-23(20-14-10-11-15-21(20)26(22,5)6)24(18)27(25(2,3)4)19-12-8-7-9-13-19/h7-17H,1-6H3. The van der Waals surface area contributed by atoms with Crippen LogP contribution in [-0.4, -0.2) is 5.54 Å². The van der Waals surface area contributed by atoms with Crippen molar-refractivity contribution >= 4 is 11.4 Å². The summed E-state index contributed by atoms with van der Waals surface area (Å²) < 4.78 is 0. The molecular weight excluding hydrogens is 326 g/mol. The first kappa shape index (κ1) is 17.9. The summed E-state index contributed by atoms with van der Waals surface area (Å²) in [4.78, 5) is 2.51. The van der Waals surface area contributed by atoms with Crippen molar-refractivity contribution in [1.82, 2.24) is 0 Å². The lowest BCUT2D eigenvalue weighted by atomic mass is 9.82. The molecule has 27 heavy (non-hydrogen) atoms. The Kier molecular flexibility index (Phi) is 3.96. The van der Waals surface area contributed by atoms with Crippen LogP contribution >= 0.6 is 0 Å². The molecular formula is C26H29N. The number of fused-ring (bicyclic) bond motifs is 3. The molecule has 3 aromatic rings. The molecule has 0 unspecified atom stereocenters. The number of hydrogen-bond acceptors (Lipinski definition) is 1. The lowest BCUT2D eigenvalue weighted by Crippen LogP contribution is -2.38. The molecule has 0 amide bonds. The molecule has 0 N–H and O–H groups in total. The molecule has 1 nitrogen and oxygen atoms in total. The molecule has 0 radical (unpaired) electrons. The third kappa shape index (κ3) is 2.68. The van der Waals surface area contributed by atoms with Gasteiger partial charge in [-0.05, 0) is 62.1 Å². The van der Waals surface area contributed by atoms with Crippen LogP contribution in [-0.2, 0) is 5.41 Å². The summed E-state index contributed by atoms with van der Waals surface area (Å²) in [5.74, 6) is 0. The Balaban J connectivity index is 2.08. The third-order valence-electron chi connectivity index (χ3n) is 5.83. The zero-order chi connectivity index (χ0) is 19.4. The van der Waals surface area contributed by atoms with Crippen LogP contribution in [0.25, 0.3) is 11.1 Å². The minimum absolute atomic E-state index is 0.0224. The summed E-state index contributed by atoms with van der Waals surface area (Å²) in [6.07, 6.45) is 0. The van der Waals surface area contributed by atoms with Crippen molar-refractivity contribution in [2.75, 3.05) is 4.90 Å². The summed E-state index contributed by atoms with van der Waals surface area (Å²) in [5.41, 5.74) is 9.50. The highest BCUT2D eigenvalue weighted by atomic mass is 15.2. The van der Waals surface area contributed by atoms with E-state index in [2.05, 4.69) is 113 Å². The lowest BCUT2D eigenvalue weighted by molar-refractivity contribution is 0.559. The minimum atomic E-state index is -0.0388. The molecule has 3 aromatic carbocycles. The SMILES string of the molecule is Cc1ccc2c(c1N(c1ccccc1)C(C)(C)C)-c1ccccc1C2(C)C. The van der Waals surface area contributed by atoms with Crippen LogP contribution in [0.2, 0.25) is 0 Å². The number of para-hydroxylation sites is 1. The molecule has 0 atom stereocenters. The molecule has 138 valence electrons. The summed E-state index contributed by atoms with van der Waals surface area (Å²) in [7, 11) is 0. The van der Waals surface area contributed by atoms with Crippen molar-refractivity contribution in [3.05, 3.63) is 83.4 Å². The highest BCUT2D eigenvalue weighted by Crippen LogP contribution is 2.54. The van der Waals surface area contributed by atoms with E-state index >= 15 is 0 Å². The van der Waals surface area contributed by atoms with Gasteiger partial charge in [0.1, 0.15) is 0 Å². The van der Waals surface area contributed by atoms with Gasteiger partial charge in [0.05, 0.1) is 5.69 Å². The molecule has 1 aliphatic carbocycles. The number of anilines is 2. The van der Waals surface area contributed by atoms with Crippen molar-refractivity contribution < 1.29 is 0 Å². The fourth-order valence-corrected chi connectivity index (χ4v) is 4.60. The number of aryl methyl sites for hydroxylation is 1. The van der Waals surface area contributed by atoms with Crippen molar-refractivity contribution in [2.45, 2.75) is 52.5 Å². The second-order valence-corrected chi connectivity index (χ2v) is 9.17. The number of benzene rings is 3. The largest absolute Gasteiger partial charge is 0.335 e. The fourth-order valence-electron chi connectivity index (χ4n) is 4.60. The second kappa shape index (κ2) is 5.99. The van der Waals surface area contributed by atoms with E-state index in [1.54, 1.807) is 0 Å². The molecule has 0 saturated carbocycles. The van der Waals surface area contributed by atoms with Crippen LogP contribution in [0.5, 0.6) is 0 Å². The predicted octanol–water partition coefficient (Wildman–Crippen LogP) is 7.24. The van der Waals surface area contributed by atoms with Gasteiger partial charge in [-0.2, -0.15) is 0 Å². The maximum atomic E-state index is 2.51. The number of nitrogens with zero attached hydrogens (tertiary/aromatic N) is 1. The molecule has 0 spiro atoms. The fraction of sp³-hybridized carbons (Fsp3) is 0.308. The van der Waals surface area contributed by atoms with Gasteiger partial charge in [0.25, 0.3) is 0 Å². The van der Waals surface area contributed by atoms with E-state index in [4.69, 9.17) is 0 Å². The van der Waals surface area contributed by atoms with Gasteiger partial charge in [-0.15, -0.1) is 0 Å². The number of hydrogen-bond donors (Lipinski definition) is 0. The van der Waals surface area contributed by atoms with Crippen molar-refractivity contribution in [2.24, 2.45) is 0 Å². The van der Waals surface area contributed by atoms with E-state index in [-0.39, 0.29) is 11.0 Å². The molecule has 1 aliphatic rings. The zero-order valence-electron chi connectivity index (χ0n) is 17.3. The summed E-state index contributed by atoms with van der Waals surface area (Å²) in [6.45, 7) is 13.8. The smallest absolute Gasteiger partial charge is 0.0528 e. The maximum absolute atomic E-state index is 2.51. The van der Waals surface area contributed by atoms with E-state index in [1.807, 2.05) is 0 Å². The first-order chi connectivity index (χ1) is 12.7. The molecule has 0 aromatic heterocycles. The molecule has 0 saturated heterocycles. The Morgan fingerprint density at radius 2 is 1.37 bits per heavy atom. The van der Waals surface area contributed by atoms with Gasteiger partial charge in [-0.3, -0.25) is 0 Å². The zero-order valence-corrected chi connectivity index (χ0v) is 17.3. The van der Waals surface area contributed by atoms with Crippen LogP contribution in [0.1, 0.15) is 51.3 Å². The van der Waals surface area contributed by atoms with E-state index in [0.29, 0.717) is 0 Å². The van der Waals surface area contributed by atoms with Crippen molar-refractivity contribution in [1.29, 1.82) is 0 Å². The minimum Gasteiger partial charge on any atom is -0.335 e. The molecule has 0 bridgehead atoms. The highest BCUT2D eigenvalue weighted by Gasteiger charge is 2.39. The highest BCUT2D eigenvalue weighted by molar-refractivity contribution is 5.93. The molecule has 0 aliphatic heterocycles. The topological polar surface area (TPSA) is 3.24 Å². The quantitative estimate of drug-likeness (QED) is 0.468. The van der Waals surface area contributed by atoms with Crippen LogP contribution in [0.15, 0.2) is 66.7 Å². The van der Waals surface area contributed by atoms with Gasteiger partial charge in [0, 0.05) is 22.2 Å². The number of rotatable bonds is 2. The van der Waals surface area contributed by atoms with E-state index in [9.17, 15) is 0 Å². The lowest BCUT2D eigenvalue weighted by Gasteiger charge is -2.40. The predicted molar refractivity (Wildman–Crippen MR) is 117 cm³/mol. The molecule has 1 heteroatoms. The van der Waals surface area contributed by atoms with Crippen LogP contribution in [0, 0.1) is 6.92 Å². The average molecular weight is 356 g/mol. The Bertz CT molecular complexity index is 990. The van der Waals surface area contributed by atoms with Crippen LogP contribution < -0.4 is 4.90 Å². The van der Waals surface area contributed by atoms with Gasteiger partial charge in [-0.1, -0.05) is 68.4 Å². The summed E-state index contributed by atoms with van der Waals surface area (Å²) >= 11 is 0. The Morgan fingerprint density at radius 3 is 2.04 bits per heavy atom. The van der Waals surface area contributed by atoms with E-state index < -0.39 is 0 Å². The second-order valence-electron chi connectivity index (χ2n) is 9.17. The monoisotopic (exact) mass is 355 g/mol. The van der Waals surface area contributed by atoms with Crippen LogP contribution in [0.3, 0.4) is 0 Å². The summed E-state index contributed by atoms with van der Waals surface area (Å²) in [5, 5.41) is 0. The maximum Gasteiger partial charge on any atom is 0.0528 e. The first-order valence-electron chi connectivity index (χ1n) is 9.82. The molecule has 0 fully saturated rings. The first-order valence-corrected chi connectivity index (χ1v) is 9.82. The van der Waals surface area contributed by atoms with Gasteiger partial charge in [0.2, 0.25) is 0 Å². The van der Waals surface area contributed by atoms with Crippen molar-refractivity contribution in [3.8, 4) is 11.1 Å². The van der Waals surface area contributed by atoms with Gasteiger partial charge in [-0.25, -0.2) is 0 Å². The van der Waals surface area contributed by atoms with Gasteiger partial charge < -0.3 is 4.90 Å². The third-order valence-corrected chi connectivity index (χ3v) is 5.83.